The summed E-state index contributed by atoms with van der Waals surface area (Å²) in [4.78, 5) is 0. The Labute approximate surface area is 77.7 Å². The predicted molar refractivity (Wildman–Crippen MR) is 41.9 cm³/mol. The molecule has 76 valence electrons. The van der Waals surface area contributed by atoms with E-state index in [1.807, 2.05) is 0 Å². The molecule has 2 rings (SSSR count). The molecule has 14 heavy (non-hydrogen) atoms. The van der Waals surface area contributed by atoms with Crippen molar-refractivity contribution in [2.24, 2.45) is 0 Å². The van der Waals surface area contributed by atoms with Gasteiger partial charge in [-0.05, 0) is 23.3 Å². The highest BCUT2D eigenvalue weighted by molar-refractivity contribution is 5.40. The van der Waals surface area contributed by atoms with Gasteiger partial charge in [-0.3, -0.25) is 0 Å². The van der Waals surface area contributed by atoms with Gasteiger partial charge in [0.15, 0.2) is 0 Å². The van der Waals surface area contributed by atoms with Gasteiger partial charge in [-0.2, -0.15) is 13.2 Å². The number of hydrogen-bond acceptors (Lipinski definition) is 1. The van der Waals surface area contributed by atoms with Gasteiger partial charge in [-0.15, -0.1) is 0 Å². The Morgan fingerprint density at radius 1 is 1.14 bits per heavy atom. The summed E-state index contributed by atoms with van der Waals surface area (Å²) in [6.45, 7) is 0.459. The van der Waals surface area contributed by atoms with Crippen LogP contribution in [0.15, 0.2) is 12.1 Å². The van der Waals surface area contributed by atoms with Crippen LogP contribution >= 0.6 is 0 Å². The molecule has 0 saturated heterocycles. The minimum absolute atomic E-state index is 0.157. The van der Waals surface area contributed by atoms with E-state index in [-0.39, 0.29) is 12.1 Å². The molecule has 1 nitrogen and oxygen atoms in total. The Balaban J connectivity index is 2.60. The maximum absolute atomic E-state index is 12.8. The van der Waals surface area contributed by atoms with Gasteiger partial charge in [0.1, 0.15) is 5.82 Å². The molecule has 0 aliphatic carbocycles. The monoisotopic (exact) mass is 205 g/mol. The molecule has 1 aromatic rings. The fourth-order valence-corrected chi connectivity index (χ4v) is 1.63. The van der Waals surface area contributed by atoms with Gasteiger partial charge in [-0.25, -0.2) is 4.39 Å². The summed E-state index contributed by atoms with van der Waals surface area (Å²) in [5, 5.41) is 2.76. The number of halogens is 4. The summed E-state index contributed by atoms with van der Waals surface area (Å²) >= 11 is 0. The van der Waals surface area contributed by atoms with Gasteiger partial charge in [0.05, 0.1) is 5.56 Å². The van der Waals surface area contributed by atoms with Crippen LogP contribution in [0.2, 0.25) is 0 Å². The highest BCUT2D eigenvalue weighted by atomic mass is 19.4. The van der Waals surface area contributed by atoms with Crippen molar-refractivity contribution >= 4 is 0 Å². The Morgan fingerprint density at radius 2 is 1.86 bits per heavy atom. The zero-order valence-electron chi connectivity index (χ0n) is 7.08. The maximum atomic E-state index is 12.8. The third-order valence-corrected chi connectivity index (χ3v) is 2.23. The number of fused-ring (bicyclic) bond motifs is 1. The molecule has 0 spiro atoms. The molecule has 0 amide bonds. The molecule has 1 aromatic carbocycles. The zero-order chi connectivity index (χ0) is 10.3. The van der Waals surface area contributed by atoms with Gasteiger partial charge in [-0.1, -0.05) is 0 Å². The number of alkyl halides is 3. The van der Waals surface area contributed by atoms with Crippen LogP contribution in [-0.2, 0) is 19.3 Å². The summed E-state index contributed by atoms with van der Waals surface area (Å²) in [6, 6.07) is 1.69. The van der Waals surface area contributed by atoms with Crippen LogP contribution in [0, 0.1) is 5.82 Å². The van der Waals surface area contributed by atoms with Gasteiger partial charge < -0.3 is 5.32 Å². The van der Waals surface area contributed by atoms with E-state index in [1.54, 1.807) is 0 Å². The molecule has 0 aromatic heterocycles. The van der Waals surface area contributed by atoms with Gasteiger partial charge in [0.25, 0.3) is 0 Å². The largest absolute Gasteiger partial charge is 0.416 e. The summed E-state index contributed by atoms with van der Waals surface area (Å²) in [5.41, 5.74) is -0.297. The van der Waals surface area contributed by atoms with Crippen LogP contribution in [0.1, 0.15) is 16.7 Å². The average Bonchev–Trinajstić information content (AvgIpc) is 2.47. The first-order chi connectivity index (χ1) is 6.48. The van der Waals surface area contributed by atoms with Gasteiger partial charge in [0, 0.05) is 13.1 Å². The number of rotatable bonds is 0. The summed E-state index contributed by atoms with van der Waals surface area (Å²) in [5.74, 6) is -0.834. The summed E-state index contributed by atoms with van der Waals surface area (Å²) in [7, 11) is 0. The molecule has 1 heterocycles. The Kier molecular flexibility index (Phi) is 1.99. The van der Waals surface area contributed by atoms with E-state index in [2.05, 4.69) is 5.32 Å². The molecule has 1 N–H and O–H groups in total. The summed E-state index contributed by atoms with van der Waals surface area (Å²) in [6.07, 6.45) is -4.47. The van der Waals surface area contributed by atoms with Gasteiger partial charge in [0.2, 0.25) is 0 Å². The molecule has 0 unspecified atom stereocenters. The third kappa shape index (κ3) is 1.48. The lowest BCUT2D eigenvalue weighted by molar-refractivity contribution is -0.138. The first-order valence-electron chi connectivity index (χ1n) is 4.07. The molecule has 1 aliphatic rings. The van der Waals surface area contributed by atoms with E-state index in [0.717, 1.165) is 6.07 Å². The van der Waals surface area contributed by atoms with Crippen LogP contribution in [0.25, 0.3) is 0 Å². The molecular formula is C9H7F4N. The Hall–Kier alpha value is -1.10. The Bertz CT molecular complexity index is 370. The molecular weight excluding hydrogens is 198 g/mol. The average molecular weight is 205 g/mol. The Morgan fingerprint density at radius 3 is 2.50 bits per heavy atom. The van der Waals surface area contributed by atoms with Crippen molar-refractivity contribution < 1.29 is 17.6 Å². The fourth-order valence-electron chi connectivity index (χ4n) is 1.63. The van der Waals surface area contributed by atoms with Crippen molar-refractivity contribution in [3.63, 3.8) is 0 Å². The maximum Gasteiger partial charge on any atom is 0.416 e. The van der Waals surface area contributed by atoms with E-state index in [1.165, 1.54) is 0 Å². The quantitative estimate of drug-likeness (QED) is 0.641. The van der Waals surface area contributed by atoms with Gasteiger partial charge >= 0.3 is 6.18 Å². The van der Waals surface area contributed by atoms with E-state index in [9.17, 15) is 17.6 Å². The molecule has 0 fully saturated rings. The lowest BCUT2D eigenvalue weighted by Crippen LogP contribution is -2.10. The van der Waals surface area contributed by atoms with Crippen LogP contribution in [0.3, 0.4) is 0 Å². The predicted octanol–water partition coefficient (Wildman–Crippen LogP) is 2.45. The second-order valence-corrected chi connectivity index (χ2v) is 3.19. The lowest BCUT2D eigenvalue weighted by atomic mass is 10.0. The summed E-state index contributed by atoms with van der Waals surface area (Å²) < 4.78 is 50.1. The second kappa shape index (κ2) is 2.95. The van der Waals surface area contributed by atoms with Crippen LogP contribution in [0.5, 0.6) is 0 Å². The third-order valence-electron chi connectivity index (χ3n) is 2.23. The number of benzene rings is 1. The van der Waals surface area contributed by atoms with Crippen molar-refractivity contribution in [3.05, 3.63) is 34.6 Å². The van der Waals surface area contributed by atoms with E-state index in [0.29, 0.717) is 18.2 Å². The van der Waals surface area contributed by atoms with Crippen molar-refractivity contribution in [1.29, 1.82) is 0 Å². The highest BCUT2D eigenvalue weighted by Crippen LogP contribution is 2.35. The number of hydrogen-bond donors (Lipinski definition) is 1. The molecule has 0 atom stereocenters. The smallest absolute Gasteiger partial charge is 0.309 e. The second-order valence-electron chi connectivity index (χ2n) is 3.19. The van der Waals surface area contributed by atoms with E-state index < -0.39 is 17.6 Å². The van der Waals surface area contributed by atoms with E-state index in [4.69, 9.17) is 0 Å². The molecule has 0 bridgehead atoms. The number of nitrogens with one attached hydrogen (secondary N) is 1. The highest BCUT2D eigenvalue weighted by Gasteiger charge is 2.35. The molecule has 5 heteroatoms. The normalized spacial score (nSPS) is 15.7. The van der Waals surface area contributed by atoms with Crippen molar-refractivity contribution in [2.45, 2.75) is 19.3 Å². The zero-order valence-corrected chi connectivity index (χ0v) is 7.08. The first-order valence-corrected chi connectivity index (χ1v) is 4.07. The minimum atomic E-state index is -4.47. The van der Waals surface area contributed by atoms with Crippen molar-refractivity contribution in [3.8, 4) is 0 Å². The fraction of sp³-hybridized carbons (Fsp3) is 0.333. The van der Waals surface area contributed by atoms with Crippen molar-refractivity contribution in [2.75, 3.05) is 0 Å². The molecule has 1 aliphatic heterocycles. The van der Waals surface area contributed by atoms with Crippen molar-refractivity contribution in [1.82, 2.24) is 5.32 Å². The SMILES string of the molecule is Fc1cc2c(c(C(F)(F)F)c1)CNC2. The molecule has 0 saturated carbocycles. The molecule has 0 radical (unpaired) electrons. The van der Waals surface area contributed by atoms with Crippen LogP contribution in [-0.4, -0.2) is 0 Å². The van der Waals surface area contributed by atoms with E-state index >= 15 is 0 Å². The topological polar surface area (TPSA) is 12.0 Å². The lowest BCUT2D eigenvalue weighted by Gasteiger charge is -2.11. The standard InChI is InChI=1S/C9H7F4N/c10-6-1-5-3-14-4-7(5)8(2-6)9(11,12)13/h1-2,14H,3-4H2. The van der Waals surface area contributed by atoms with Crippen LogP contribution in [0.4, 0.5) is 17.6 Å². The minimum Gasteiger partial charge on any atom is -0.309 e. The van der Waals surface area contributed by atoms with Crippen LogP contribution < -0.4 is 5.32 Å². The first kappa shape index (κ1) is 9.45.